The van der Waals surface area contributed by atoms with E-state index in [0.717, 1.165) is 0 Å². The van der Waals surface area contributed by atoms with Gasteiger partial charge in [-0.15, -0.1) is 4.36 Å². The van der Waals surface area contributed by atoms with Crippen LogP contribution in [0.3, 0.4) is 0 Å². The number of nitrogens with zero attached hydrogens (tertiary/aromatic N) is 3. The predicted molar refractivity (Wildman–Crippen MR) is 58.1 cm³/mol. The SMILES string of the molecule is CS(=O)(CC1=CC(F)C(Cl)N=C1)=NC#N. The molecular weight excluding hydrogens is 241 g/mol. The minimum atomic E-state index is -2.63. The van der Waals surface area contributed by atoms with Gasteiger partial charge < -0.3 is 0 Å². The maximum atomic E-state index is 13.1. The number of halogens is 2. The Morgan fingerprint density at radius 3 is 3.07 bits per heavy atom. The highest BCUT2D eigenvalue weighted by atomic mass is 35.5. The molecule has 0 aromatic carbocycles. The highest BCUT2D eigenvalue weighted by Crippen LogP contribution is 2.17. The summed E-state index contributed by atoms with van der Waals surface area (Å²) in [6, 6.07) is 0. The zero-order valence-corrected chi connectivity index (χ0v) is 9.50. The molecule has 0 saturated carbocycles. The lowest BCUT2D eigenvalue weighted by atomic mass is 10.2. The van der Waals surface area contributed by atoms with Crippen molar-refractivity contribution in [1.82, 2.24) is 0 Å². The van der Waals surface area contributed by atoms with Crippen LogP contribution < -0.4 is 0 Å². The molecule has 0 saturated heterocycles. The summed E-state index contributed by atoms with van der Waals surface area (Å²) < 4.78 is 27.9. The summed E-state index contributed by atoms with van der Waals surface area (Å²) in [5, 5.41) is 8.28. The first-order valence-corrected chi connectivity index (χ1v) is 6.57. The minimum Gasteiger partial charge on any atom is -0.270 e. The summed E-state index contributed by atoms with van der Waals surface area (Å²) in [5.41, 5.74) is -0.472. The average molecular weight is 250 g/mol. The van der Waals surface area contributed by atoms with E-state index in [4.69, 9.17) is 16.9 Å². The fourth-order valence-corrected chi connectivity index (χ4v) is 2.24. The van der Waals surface area contributed by atoms with Crippen LogP contribution in [0.1, 0.15) is 0 Å². The molecule has 1 aliphatic rings. The number of hydrogen-bond acceptors (Lipinski definition) is 4. The Kier molecular flexibility index (Phi) is 3.83. The fraction of sp³-hybridized carbons (Fsp3) is 0.500. The molecule has 3 atom stereocenters. The van der Waals surface area contributed by atoms with Crippen molar-refractivity contribution in [1.29, 1.82) is 5.26 Å². The lowest BCUT2D eigenvalue weighted by Crippen LogP contribution is -2.19. The Morgan fingerprint density at radius 1 is 1.87 bits per heavy atom. The van der Waals surface area contributed by atoms with Crippen LogP contribution in [-0.2, 0) is 9.73 Å². The van der Waals surface area contributed by atoms with Crippen LogP contribution in [0.2, 0.25) is 0 Å². The summed E-state index contributed by atoms with van der Waals surface area (Å²) in [5.74, 6) is 0.00802. The molecule has 0 N–H and O–H groups in total. The average Bonchev–Trinajstić information content (AvgIpc) is 2.10. The largest absolute Gasteiger partial charge is 0.270 e. The van der Waals surface area contributed by atoms with E-state index in [-0.39, 0.29) is 5.75 Å². The van der Waals surface area contributed by atoms with Crippen LogP contribution in [0.5, 0.6) is 0 Å². The first-order chi connectivity index (χ1) is 6.94. The van der Waals surface area contributed by atoms with Gasteiger partial charge in [-0.05, 0) is 11.6 Å². The highest BCUT2D eigenvalue weighted by Gasteiger charge is 2.20. The van der Waals surface area contributed by atoms with Crippen molar-refractivity contribution in [2.24, 2.45) is 9.36 Å². The molecule has 0 fully saturated rings. The highest BCUT2D eigenvalue weighted by molar-refractivity contribution is 7.93. The monoisotopic (exact) mass is 249 g/mol. The van der Waals surface area contributed by atoms with E-state index in [0.29, 0.717) is 5.57 Å². The number of dihydropyridines is 1. The van der Waals surface area contributed by atoms with Gasteiger partial charge in [0.25, 0.3) is 0 Å². The van der Waals surface area contributed by atoms with E-state index in [9.17, 15) is 8.60 Å². The first-order valence-electron chi connectivity index (χ1n) is 4.04. The second kappa shape index (κ2) is 4.73. The van der Waals surface area contributed by atoms with Crippen molar-refractivity contribution in [2.75, 3.05) is 12.0 Å². The molecule has 0 bridgehead atoms. The normalized spacial score (nSPS) is 28.8. The van der Waals surface area contributed by atoms with E-state index < -0.39 is 21.4 Å². The van der Waals surface area contributed by atoms with Crippen LogP contribution >= 0.6 is 11.6 Å². The van der Waals surface area contributed by atoms with Gasteiger partial charge in [0.1, 0.15) is 0 Å². The Morgan fingerprint density at radius 2 is 2.53 bits per heavy atom. The minimum absolute atomic E-state index is 0.00802. The van der Waals surface area contributed by atoms with E-state index in [1.807, 2.05) is 0 Å². The van der Waals surface area contributed by atoms with Crippen molar-refractivity contribution < 1.29 is 8.60 Å². The number of hydrogen-bond donors (Lipinski definition) is 0. The molecule has 7 heteroatoms. The quantitative estimate of drug-likeness (QED) is 0.423. The van der Waals surface area contributed by atoms with Crippen LogP contribution in [0.4, 0.5) is 4.39 Å². The molecule has 0 radical (unpaired) electrons. The van der Waals surface area contributed by atoms with Gasteiger partial charge in [0.2, 0.25) is 6.19 Å². The number of rotatable bonds is 2. The topological polar surface area (TPSA) is 65.6 Å². The molecule has 4 nitrogen and oxygen atoms in total. The first kappa shape index (κ1) is 12.1. The molecule has 0 spiro atoms. The van der Waals surface area contributed by atoms with Gasteiger partial charge >= 0.3 is 0 Å². The molecule has 1 heterocycles. The van der Waals surface area contributed by atoms with E-state index in [1.54, 1.807) is 0 Å². The van der Waals surface area contributed by atoms with E-state index >= 15 is 0 Å². The molecule has 3 unspecified atom stereocenters. The standard InChI is InChI=1S/C8H9ClFN3OS/c1-15(14,13-5-11)4-6-2-7(10)8(9)12-3-6/h2-3,7-8H,4H2,1H3. The van der Waals surface area contributed by atoms with Crippen LogP contribution in [0.25, 0.3) is 0 Å². The molecular formula is C8H9ClFN3OS. The summed E-state index contributed by atoms with van der Waals surface area (Å²) in [4.78, 5) is 3.68. The zero-order valence-electron chi connectivity index (χ0n) is 7.93. The summed E-state index contributed by atoms with van der Waals surface area (Å²) in [6.07, 6.45) is 4.04. The van der Waals surface area contributed by atoms with Crippen LogP contribution in [0, 0.1) is 11.5 Å². The molecule has 0 aliphatic carbocycles. The number of nitriles is 1. The van der Waals surface area contributed by atoms with Crippen molar-refractivity contribution >= 4 is 27.5 Å². The third-order valence-corrected chi connectivity index (χ3v) is 3.38. The maximum absolute atomic E-state index is 13.1. The summed E-state index contributed by atoms with van der Waals surface area (Å²) >= 11 is 5.50. The van der Waals surface area contributed by atoms with Gasteiger partial charge in [0.15, 0.2) is 11.7 Å². The number of aliphatic imine (C=N–C) groups is 1. The molecule has 0 aromatic heterocycles. The smallest absolute Gasteiger partial charge is 0.214 e. The Balaban J connectivity index is 2.83. The van der Waals surface area contributed by atoms with Crippen LogP contribution in [0.15, 0.2) is 21.0 Å². The zero-order chi connectivity index (χ0) is 11.5. The second-order valence-electron chi connectivity index (χ2n) is 3.13. The van der Waals surface area contributed by atoms with Crippen molar-refractivity contribution in [3.63, 3.8) is 0 Å². The molecule has 1 aliphatic heterocycles. The molecule has 15 heavy (non-hydrogen) atoms. The van der Waals surface area contributed by atoms with Crippen molar-refractivity contribution in [3.05, 3.63) is 11.6 Å². The van der Waals surface area contributed by atoms with Gasteiger partial charge in [-0.1, -0.05) is 11.6 Å². The van der Waals surface area contributed by atoms with E-state index in [2.05, 4.69) is 9.36 Å². The molecule has 82 valence electrons. The second-order valence-corrected chi connectivity index (χ2v) is 5.97. The predicted octanol–water partition coefficient (Wildman–Crippen LogP) is 1.48. The molecule has 0 aromatic rings. The maximum Gasteiger partial charge on any atom is 0.214 e. The van der Waals surface area contributed by atoms with Crippen LogP contribution in [-0.4, -0.2) is 34.1 Å². The lowest BCUT2D eigenvalue weighted by molar-refractivity contribution is 0.387. The Bertz CT molecular complexity index is 459. The lowest BCUT2D eigenvalue weighted by Gasteiger charge is -2.14. The van der Waals surface area contributed by atoms with E-state index in [1.165, 1.54) is 24.7 Å². The van der Waals surface area contributed by atoms with Gasteiger partial charge in [-0.3, -0.25) is 4.99 Å². The Hall–Kier alpha value is -0.930. The third kappa shape index (κ3) is 3.61. The molecule has 1 rings (SSSR count). The summed E-state index contributed by atoms with van der Waals surface area (Å²) in [6.45, 7) is 0. The van der Waals surface area contributed by atoms with Gasteiger partial charge in [0.05, 0.1) is 15.5 Å². The van der Waals surface area contributed by atoms with Gasteiger partial charge in [-0.2, -0.15) is 5.26 Å². The Labute approximate surface area is 92.6 Å². The van der Waals surface area contributed by atoms with Crippen molar-refractivity contribution in [3.8, 4) is 6.19 Å². The molecule has 0 amide bonds. The fourth-order valence-electron chi connectivity index (χ4n) is 1.09. The van der Waals surface area contributed by atoms with Gasteiger partial charge in [0, 0.05) is 12.5 Å². The summed E-state index contributed by atoms with van der Waals surface area (Å²) in [7, 11) is -2.63. The third-order valence-electron chi connectivity index (χ3n) is 1.69. The number of alkyl halides is 2. The van der Waals surface area contributed by atoms with Gasteiger partial charge in [-0.25, -0.2) is 8.60 Å². The van der Waals surface area contributed by atoms with Crippen molar-refractivity contribution in [2.45, 2.75) is 11.7 Å².